The Balaban J connectivity index is 3.17. The van der Waals surface area contributed by atoms with Gasteiger partial charge in [-0.25, -0.2) is 0 Å². The van der Waals surface area contributed by atoms with E-state index in [-0.39, 0.29) is 22.7 Å². The molecule has 0 aliphatic rings. The first-order valence-corrected chi connectivity index (χ1v) is 2.75. The van der Waals surface area contributed by atoms with Gasteiger partial charge in [0.2, 0.25) is 0 Å². The van der Waals surface area contributed by atoms with Crippen LogP contribution < -0.4 is 4.74 Å². The molecule has 8 heavy (non-hydrogen) atoms. The molecule has 0 unspecified atom stereocenters. The minimum atomic E-state index is -0.0330. The third-order valence-electron chi connectivity index (χ3n) is 0.631. The second-order valence-electron chi connectivity index (χ2n) is 1.12. The largest absolute Gasteiger partial charge is 0.468 e. The highest BCUT2D eigenvalue weighted by atomic mass is 79.9. The van der Waals surface area contributed by atoms with Gasteiger partial charge in [0.15, 0.2) is 4.67 Å². The lowest BCUT2D eigenvalue weighted by Gasteiger charge is -1.86. The maximum absolute atomic E-state index is 7.18. The highest BCUT2D eigenvalue weighted by Gasteiger charge is 1.94. The molecule has 1 heterocycles. The average molecular weight is 179 g/mol. The van der Waals surface area contributed by atoms with Gasteiger partial charge in [0.25, 0.3) is 5.95 Å². The van der Waals surface area contributed by atoms with E-state index in [4.69, 9.17) is 7.16 Å². The second kappa shape index (κ2) is 2.22. The normalized spacial score (nSPS) is 12.8. The molecule has 0 amide bonds. The number of hydrogen-bond acceptors (Lipinski definition) is 2. The van der Waals surface area contributed by atoms with Crippen molar-refractivity contribution in [3.05, 3.63) is 16.8 Å². The summed E-state index contributed by atoms with van der Waals surface area (Å²) in [6.45, 7) is 0. The molecular formula is C5H5BrO2. The topological polar surface area (TPSA) is 22.4 Å². The summed E-state index contributed by atoms with van der Waals surface area (Å²) in [5, 5.41) is 0. The van der Waals surface area contributed by atoms with E-state index >= 15 is 0 Å². The molecule has 2 nitrogen and oxygen atoms in total. The Morgan fingerprint density at radius 2 is 2.62 bits per heavy atom. The lowest BCUT2D eigenvalue weighted by molar-refractivity contribution is 0.299. The van der Waals surface area contributed by atoms with Crippen molar-refractivity contribution in [2.45, 2.75) is 0 Å². The third kappa shape index (κ3) is 1.04. The van der Waals surface area contributed by atoms with E-state index < -0.39 is 0 Å². The lowest BCUT2D eigenvalue weighted by atomic mass is 10.7. The first kappa shape index (κ1) is 3.56. The predicted octanol–water partition coefficient (Wildman–Crippen LogP) is 2.05. The highest BCUT2D eigenvalue weighted by Crippen LogP contribution is 2.19. The molecule has 0 bridgehead atoms. The standard InChI is InChI=1S/C5H5BrO2/c1-7-5-3-2-4(6)8-5/h2-3H,1H3/i2D,3D. The number of furan rings is 1. The van der Waals surface area contributed by atoms with Crippen LogP contribution in [-0.4, -0.2) is 7.11 Å². The Morgan fingerprint density at radius 3 is 2.88 bits per heavy atom. The lowest BCUT2D eigenvalue weighted by Crippen LogP contribution is -1.75. The van der Waals surface area contributed by atoms with Gasteiger partial charge in [-0.15, -0.1) is 0 Å². The van der Waals surface area contributed by atoms with Crippen molar-refractivity contribution >= 4 is 15.9 Å². The van der Waals surface area contributed by atoms with Crippen molar-refractivity contribution in [2.75, 3.05) is 7.11 Å². The molecule has 0 atom stereocenters. The summed E-state index contributed by atoms with van der Waals surface area (Å²) < 4.78 is 24.0. The summed E-state index contributed by atoms with van der Waals surface area (Å²) in [6.07, 6.45) is 0. The molecule has 0 spiro atoms. The predicted molar refractivity (Wildman–Crippen MR) is 33.0 cm³/mol. The smallest absolute Gasteiger partial charge is 0.285 e. The molecule has 1 aromatic rings. The molecular weight excluding hydrogens is 172 g/mol. The van der Waals surface area contributed by atoms with Crippen LogP contribution >= 0.6 is 15.9 Å². The van der Waals surface area contributed by atoms with E-state index in [9.17, 15) is 0 Å². The number of methoxy groups -OCH3 is 1. The summed E-state index contributed by atoms with van der Waals surface area (Å²) in [4.78, 5) is 0. The van der Waals surface area contributed by atoms with Crippen molar-refractivity contribution in [3.8, 4) is 5.95 Å². The first-order valence-electron chi connectivity index (χ1n) is 2.96. The fourth-order valence-corrected chi connectivity index (χ4v) is 0.571. The van der Waals surface area contributed by atoms with Gasteiger partial charge in [0.1, 0.15) is 0 Å². The molecule has 0 aliphatic heterocycles. The number of halogens is 1. The van der Waals surface area contributed by atoms with E-state index in [2.05, 4.69) is 20.7 Å². The van der Waals surface area contributed by atoms with E-state index in [1.54, 1.807) is 0 Å². The molecule has 0 radical (unpaired) electrons. The monoisotopic (exact) mass is 178 g/mol. The Bertz CT molecular complexity index is 246. The van der Waals surface area contributed by atoms with Crippen LogP contribution in [0.4, 0.5) is 0 Å². The summed E-state index contributed by atoms with van der Waals surface area (Å²) >= 11 is 2.95. The zero-order valence-electron chi connectivity index (χ0n) is 6.19. The maximum Gasteiger partial charge on any atom is 0.285 e. The molecule has 44 valence electrons. The maximum atomic E-state index is 7.18. The molecule has 1 rings (SSSR count). The second-order valence-corrected chi connectivity index (χ2v) is 1.84. The number of ether oxygens (including phenoxy) is 1. The van der Waals surface area contributed by atoms with Crippen molar-refractivity contribution < 1.29 is 11.9 Å². The van der Waals surface area contributed by atoms with Gasteiger partial charge in [-0.2, -0.15) is 0 Å². The Kier molecular flexibility index (Phi) is 0.987. The molecule has 0 aromatic carbocycles. The molecule has 1 aromatic heterocycles. The molecule has 0 N–H and O–H groups in total. The van der Waals surface area contributed by atoms with Crippen molar-refractivity contribution in [1.29, 1.82) is 0 Å². The van der Waals surface area contributed by atoms with Crippen LogP contribution in [0, 0.1) is 0 Å². The first-order chi connectivity index (χ1) is 4.66. The van der Waals surface area contributed by atoms with Gasteiger partial charge in [0, 0.05) is 6.04 Å². The zero-order valence-corrected chi connectivity index (χ0v) is 5.78. The molecule has 3 heteroatoms. The number of rotatable bonds is 1. The van der Waals surface area contributed by atoms with Crippen LogP contribution in [0.5, 0.6) is 5.95 Å². The number of hydrogen-bond donors (Lipinski definition) is 0. The highest BCUT2D eigenvalue weighted by molar-refractivity contribution is 9.10. The minimum absolute atomic E-state index is 0.0110. The molecule has 0 fully saturated rings. The van der Waals surface area contributed by atoms with E-state index in [0.29, 0.717) is 0 Å². The van der Waals surface area contributed by atoms with Crippen LogP contribution in [-0.2, 0) is 0 Å². The summed E-state index contributed by atoms with van der Waals surface area (Å²) in [6, 6.07) is -0.0220. The van der Waals surface area contributed by atoms with Crippen molar-refractivity contribution in [1.82, 2.24) is 0 Å². The van der Waals surface area contributed by atoms with E-state index in [0.717, 1.165) is 0 Å². The van der Waals surface area contributed by atoms with Crippen LogP contribution in [0.2, 0.25) is 0 Å². The van der Waals surface area contributed by atoms with E-state index in [1.165, 1.54) is 7.11 Å². The summed E-state index contributed by atoms with van der Waals surface area (Å²) in [5.41, 5.74) is 0. The molecule has 0 saturated heterocycles. The van der Waals surface area contributed by atoms with Gasteiger partial charge in [-0.05, 0) is 22.0 Å². The Hall–Kier alpha value is -0.440. The fraction of sp³-hybridized carbons (Fsp3) is 0.200. The molecule has 0 saturated carbocycles. The summed E-state index contributed by atoms with van der Waals surface area (Å²) in [5.74, 6) is 0.0666. The summed E-state index contributed by atoms with van der Waals surface area (Å²) in [7, 11) is 1.39. The Morgan fingerprint density at radius 1 is 1.88 bits per heavy atom. The van der Waals surface area contributed by atoms with Gasteiger partial charge in [0.05, 0.1) is 9.85 Å². The van der Waals surface area contributed by atoms with Crippen LogP contribution in [0.15, 0.2) is 21.2 Å². The van der Waals surface area contributed by atoms with Crippen LogP contribution in [0.25, 0.3) is 0 Å². The molecule has 0 aliphatic carbocycles. The van der Waals surface area contributed by atoms with Crippen LogP contribution in [0.1, 0.15) is 2.74 Å². The third-order valence-corrected chi connectivity index (χ3v) is 0.991. The Labute approximate surface area is 58.4 Å². The zero-order chi connectivity index (χ0) is 7.72. The minimum Gasteiger partial charge on any atom is -0.468 e. The van der Waals surface area contributed by atoms with Crippen molar-refractivity contribution in [2.24, 2.45) is 0 Å². The van der Waals surface area contributed by atoms with Crippen LogP contribution in [0.3, 0.4) is 0 Å². The van der Waals surface area contributed by atoms with Gasteiger partial charge in [-0.1, -0.05) is 0 Å². The van der Waals surface area contributed by atoms with Crippen molar-refractivity contribution in [3.63, 3.8) is 0 Å². The van der Waals surface area contributed by atoms with Gasteiger partial charge in [-0.3, -0.25) is 0 Å². The average Bonchev–Trinajstić information content (AvgIpc) is 2.17. The fourth-order valence-electron chi connectivity index (χ4n) is 0.325. The quantitative estimate of drug-likeness (QED) is 0.658. The van der Waals surface area contributed by atoms with E-state index in [1.807, 2.05) is 0 Å². The SMILES string of the molecule is [2H]c1c(Br)oc(OC)c1[2H]. The van der Waals surface area contributed by atoms with Gasteiger partial charge >= 0.3 is 0 Å². The van der Waals surface area contributed by atoms with Gasteiger partial charge < -0.3 is 9.15 Å².